The molecule has 0 rings (SSSR count). The van der Waals surface area contributed by atoms with Crippen molar-refractivity contribution in [3.05, 3.63) is 0 Å². The lowest BCUT2D eigenvalue weighted by Crippen LogP contribution is -2.03. The van der Waals surface area contributed by atoms with E-state index < -0.39 is 0 Å². The topological polar surface area (TPSA) is 55.4 Å². The van der Waals surface area contributed by atoms with Gasteiger partial charge in [-0.15, -0.1) is 0 Å². The van der Waals surface area contributed by atoms with Crippen molar-refractivity contribution in [1.29, 1.82) is 0 Å². The van der Waals surface area contributed by atoms with Crippen LogP contribution in [0.25, 0.3) is 0 Å². The molecule has 6 heteroatoms. The molecular weight excluding hydrogens is 264 g/mol. The van der Waals surface area contributed by atoms with Crippen LogP contribution >= 0.6 is 0 Å². The molecule has 0 atom stereocenters. The summed E-state index contributed by atoms with van der Waals surface area (Å²) in [5.41, 5.74) is 0. The third kappa shape index (κ3) is 17.8. The van der Waals surface area contributed by atoms with E-state index in [1.807, 2.05) is 0 Å². The Morgan fingerprint density at radius 1 is 0.400 bits per heavy atom. The van der Waals surface area contributed by atoms with Crippen LogP contribution in [0.5, 0.6) is 0 Å². The highest BCUT2D eigenvalue weighted by atomic mass is 17.2. The van der Waals surface area contributed by atoms with Crippen LogP contribution in [0.3, 0.4) is 0 Å². The molecule has 0 aromatic carbocycles. The van der Waals surface area contributed by atoms with Crippen molar-refractivity contribution in [3.8, 4) is 0 Å². The van der Waals surface area contributed by atoms with E-state index in [0.29, 0.717) is 26.4 Å². The third-order valence-electron chi connectivity index (χ3n) is 2.52. The second-order valence-corrected chi connectivity index (χ2v) is 4.39. The molecule has 0 bridgehead atoms. The first-order valence-electron chi connectivity index (χ1n) is 7.38. The maximum atomic E-state index is 5.03. The molecule has 6 nitrogen and oxygen atoms in total. The Balaban J connectivity index is 2.89. The molecule has 0 aromatic rings. The number of hydrogen-bond donors (Lipinski definition) is 0. The monoisotopic (exact) mass is 294 g/mol. The van der Waals surface area contributed by atoms with Crippen molar-refractivity contribution in [2.24, 2.45) is 0 Å². The number of rotatable bonds is 17. The van der Waals surface area contributed by atoms with Gasteiger partial charge in [-0.05, 0) is 38.5 Å². The fourth-order valence-corrected chi connectivity index (χ4v) is 1.37. The first-order valence-corrected chi connectivity index (χ1v) is 7.38. The molecule has 122 valence electrons. The van der Waals surface area contributed by atoms with E-state index in [2.05, 4.69) is 0 Å². The molecular formula is C14H30O6. The molecule has 0 aliphatic rings. The third-order valence-corrected chi connectivity index (χ3v) is 2.52. The molecule has 0 amide bonds. The van der Waals surface area contributed by atoms with Gasteiger partial charge in [0.2, 0.25) is 0 Å². The Kier molecular flexibility index (Phi) is 18.5. The molecule has 0 aliphatic heterocycles. The standard InChI is InChI=1S/C14H30O6/c1-15-9-3-5-11-17-19-13-7-8-14-20-18-12-6-4-10-16-2/h3-14H2,1-2H3. The maximum absolute atomic E-state index is 5.03. The summed E-state index contributed by atoms with van der Waals surface area (Å²) in [6.07, 6.45) is 5.68. The average molecular weight is 294 g/mol. The molecule has 0 unspecified atom stereocenters. The predicted octanol–water partition coefficient (Wildman–Crippen LogP) is 2.52. The molecule has 0 fully saturated rings. The van der Waals surface area contributed by atoms with Crippen LogP contribution in [0.1, 0.15) is 38.5 Å². The maximum Gasteiger partial charge on any atom is 0.0823 e. The average Bonchev–Trinajstić information content (AvgIpc) is 2.47. The van der Waals surface area contributed by atoms with E-state index in [1.165, 1.54) is 0 Å². The minimum absolute atomic E-state index is 0.585. The SMILES string of the molecule is COCCCCOOCCCCOOCCCCOC. The highest BCUT2D eigenvalue weighted by Crippen LogP contribution is 1.96. The van der Waals surface area contributed by atoms with Crippen LogP contribution in [0.2, 0.25) is 0 Å². The van der Waals surface area contributed by atoms with E-state index >= 15 is 0 Å². The summed E-state index contributed by atoms with van der Waals surface area (Å²) in [7, 11) is 3.39. The Labute approximate surface area is 122 Å². The van der Waals surface area contributed by atoms with Crippen molar-refractivity contribution in [2.45, 2.75) is 38.5 Å². The van der Waals surface area contributed by atoms with Crippen LogP contribution in [0, 0.1) is 0 Å². The number of unbranched alkanes of at least 4 members (excludes halogenated alkanes) is 3. The second kappa shape index (κ2) is 18.8. The second-order valence-electron chi connectivity index (χ2n) is 4.39. The van der Waals surface area contributed by atoms with Gasteiger partial charge in [-0.2, -0.15) is 0 Å². The van der Waals surface area contributed by atoms with Crippen LogP contribution in [-0.2, 0) is 29.0 Å². The zero-order chi connectivity index (χ0) is 14.7. The van der Waals surface area contributed by atoms with Crippen molar-refractivity contribution < 1.29 is 29.0 Å². The first kappa shape index (κ1) is 19.8. The van der Waals surface area contributed by atoms with E-state index in [-0.39, 0.29) is 0 Å². The van der Waals surface area contributed by atoms with E-state index in [1.54, 1.807) is 14.2 Å². The summed E-state index contributed by atoms with van der Waals surface area (Å²) in [6.45, 7) is 3.94. The van der Waals surface area contributed by atoms with Crippen molar-refractivity contribution >= 4 is 0 Å². The van der Waals surface area contributed by atoms with Gasteiger partial charge in [0.1, 0.15) is 0 Å². The smallest absolute Gasteiger partial charge is 0.0823 e. The quantitative estimate of drug-likeness (QED) is 0.233. The lowest BCUT2D eigenvalue weighted by atomic mass is 10.3. The van der Waals surface area contributed by atoms with Crippen molar-refractivity contribution in [3.63, 3.8) is 0 Å². The summed E-state index contributed by atoms with van der Waals surface area (Å²) in [5.74, 6) is 0. The fourth-order valence-electron chi connectivity index (χ4n) is 1.37. The minimum atomic E-state index is 0.585. The summed E-state index contributed by atoms with van der Waals surface area (Å²) >= 11 is 0. The van der Waals surface area contributed by atoms with Crippen LogP contribution in [-0.4, -0.2) is 53.9 Å². The van der Waals surface area contributed by atoms with Gasteiger partial charge in [0.25, 0.3) is 0 Å². The highest BCUT2D eigenvalue weighted by Gasteiger charge is 1.94. The first-order chi connectivity index (χ1) is 9.91. The number of methoxy groups -OCH3 is 2. The van der Waals surface area contributed by atoms with E-state index in [0.717, 1.165) is 51.7 Å². The molecule has 0 heterocycles. The number of hydrogen-bond acceptors (Lipinski definition) is 6. The van der Waals surface area contributed by atoms with Gasteiger partial charge in [-0.25, -0.2) is 19.6 Å². The van der Waals surface area contributed by atoms with Gasteiger partial charge >= 0.3 is 0 Å². The predicted molar refractivity (Wildman–Crippen MR) is 75.3 cm³/mol. The minimum Gasteiger partial charge on any atom is -0.385 e. The normalized spacial score (nSPS) is 11.1. The lowest BCUT2D eigenvalue weighted by molar-refractivity contribution is -0.304. The summed E-state index contributed by atoms with van der Waals surface area (Å²) in [6, 6.07) is 0. The Morgan fingerprint density at radius 3 is 0.900 bits per heavy atom. The molecule has 0 spiro atoms. The Hall–Kier alpha value is -0.240. The van der Waals surface area contributed by atoms with Gasteiger partial charge in [0.15, 0.2) is 0 Å². The number of ether oxygens (including phenoxy) is 2. The molecule has 0 saturated carbocycles. The Bertz CT molecular complexity index is 150. The Morgan fingerprint density at radius 2 is 0.650 bits per heavy atom. The van der Waals surface area contributed by atoms with Gasteiger partial charge < -0.3 is 9.47 Å². The molecule has 0 aliphatic carbocycles. The zero-order valence-electron chi connectivity index (χ0n) is 12.9. The molecule has 0 aromatic heterocycles. The van der Waals surface area contributed by atoms with E-state index in [4.69, 9.17) is 29.0 Å². The summed E-state index contributed by atoms with van der Waals surface area (Å²) in [5, 5.41) is 0. The van der Waals surface area contributed by atoms with Gasteiger partial charge in [0.05, 0.1) is 26.4 Å². The van der Waals surface area contributed by atoms with Gasteiger partial charge in [0, 0.05) is 27.4 Å². The van der Waals surface area contributed by atoms with Gasteiger partial charge in [-0.1, -0.05) is 0 Å². The lowest BCUT2D eigenvalue weighted by Gasteiger charge is -2.05. The zero-order valence-corrected chi connectivity index (χ0v) is 12.9. The van der Waals surface area contributed by atoms with E-state index in [9.17, 15) is 0 Å². The van der Waals surface area contributed by atoms with Gasteiger partial charge in [-0.3, -0.25) is 0 Å². The highest BCUT2D eigenvalue weighted by molar-refractivity contribution is 4.37. The molecule has 0 saturated heterocycles. The molecule has 0 radical (unpaired) electrons. The van der Waals surface area contributed by atoms with Crippen LogP contribution in [0.15, 0.2) is 0 Å². The van der Waals surface area contributed by atoms with Crippen molar-refractivity contribution in [2.75, 3.05) is 53.9 Å². The molecule has 0 N–H and O–H groups in total. The summed E-state index contributed by atoms with van der Waals surface area (Å²) in [4.78, 5) is 20.1. The summed E-state index contributed by atoms with van der Waals surface area (Å²) < 4.78 is 9.87. The van der Waals surface area contributed by atoms with Crippen LogP contribution < -0.4 is 0 Å². The van der Waals surface area contributed by atoms with Crippen molar-refractivity contribution in [1.82, 2.24) is 0 Å². The fraction of sp³-hybridized carbons (Fsp3) is 1.00. The van der Waals surface area contributed by atoms with Crippen LogP contribution in [0.4, 0.5) is 0 Å². The molecule has 20 heavy (non-hydrogen) atoms. The largest absolute Gasteiger partial charge is 0.385 e.